The average Bonchev–Trinajstić information content (AvgIpc) is 3.17. The first-order valence-electron chi connectivity index (χ1n) is 11.0. The minimum atomic E-state index is -0.310. The van der Waals surface area contributed by atoms with Crippen LogP contribution in [0.15, 0.2) is 48.5 Å². The lowest BCUT2D eigenvalue weighted by atomic mass is 10.0. The third kappa shape index (κ3) is 4.06. The molecule has 0 saturated heterocycles. The summed E-state index contributed by atoms with van der Waals surface area (Å²) < 4.78 is 11.9. The number of carbonyl (C=O) groups is 1. The SMILES string of the molecule is CCOc1cc([C@@H]2NC(=O)c3c(sc4c3CCN(C)C4)N2)ccc1OCc1ccccc1. The lowest BCUT2D eigenvalue weighted by Crippen LogP contribution is -2.38. The fourth-order valence-corrected chi connectivity index (χ4v) is 5.59. The van der Waals surface area contributed by atoms with E-state index < -0.39 is 0 Å². The van der Waals surface area contributed by atoms with Gasteiger partial charge in [0, 0.05) is 18.0 Å². The van der Waals surface area contributed by atoms with E-state index in [0.29, 0.717) is 24.7 Å². The van der Waals surface area contributed by atoms with Gasteiger partial charge in [0.2, 0.25) is 0 Å². The highest BCUT2D eigenvalue weighted by Gasteiger charge is 2.33. The fourth-order valence-electron chi connectivity index (χ4n) is 4.24. The van der Waals surface area contributed by atoms with E-state index in [-0.39, 0.29) is 12.1 Å². The molecule has 0 radical (unpaired) electrons. The van der Waals surface area contributed by atoms with Crippen LogP contribution in [0.2, 0.25) is 0 Å². The minimum Gasteiger partial charge on any atom is -0.490 e. The number of benzene rings is 2. The van der Waals surface area contributed by atoms with Crippen LogP contribution < -0.4 is 20.1 Å². The minimum absolute atomic E-state index is 0.00633. The van der Waals surface area contributed by atoms with Crippen LogP contribution in [-0.4, -0.2) is 31.0 Å². The standard InChI is InChI=1S/C25H27N3O3S/c1-3-30-20-13-17(9-10-19(20)31-15-16-7-5-4-6-8-16)23-26-24(29)22-18-11-12-28(2)14-21(18)32-25(22)27-23/h4-10,13,23,27H,3,11-12,14-15H2,1-2H3,(H,26,29)/t23-/m1/s1. The second-order valence-electron chi connectivity index (χ2n) is 8.16. The van der Waals surface area contributed by atoms with Gasteiger partial charge in [-0.1, -0.05) is 36.4 Å². The van der Waals surface area contributed by atoms with Crippen LogP contribution in [0, 0.1) is 0 Å². The number of thiophene rings is 1. The molecule has 0 saturated carbocycles. The Morgan fingerprint density at radius 3 is 2.75 bits per heavy atom. The normalized spacial score (nSPS) is 17.7. The molecule has 0 unspecified atom stereocenters. The first kappa shape index (κ1) is 20.8. The van der Waals surface area contributed by atoms with Crippen LogP contribution in [-0.2, 0) is 19.6 Å². The zero-order valence-corrected chi connectivity index (χ0v) is 19.1. The van der Waals surface area contributed by atoms with Gasteiger partial charge in [-0.05, 0) is 49.2 Å². The average molecular weight is 450 g/mol. The number of likely N-dealkylation sites (N-methyl/N-ethyl adjacent to an activating group) is 1. The molecule has 5 rings (SSSR count). The van der Waals surface area contributed by atoms with Crippen LogP contribution in [0.4, 0.5) is 5.00 Å². The Balaban J connectivity index is 1.38. The maximum atomic E-state index is 13.0. The van der Waals surface area contributed by atoms with Crippen molar-refractivity contribution in [3.63, 3.8) is 0 Å². The van der Waals surface area contributed by atoms with E-state index in [9.17, 15) is 4.79 Å². The summed E-state index contributed by atoms with van der Waals surface area (Å²) >= 11 is 1.70. The molecule has 2 N–H and O–H groups in total. The Morgan fingerprint density at radius 1 is 1.09 bits per heavy atom. The highest BCUT2D eigenvalue weighted by atomic mass is 32.1. The van der Waals surface area contributed by atoms with Crippen LogP contribution in [0.1, 0.15) is 45.0 Å². The van der Waals surface area contributed by atoms with Crippen LogP contribution in [0.25, 0.3) is 0 Å². The first-order valence-corrected chi connectivity index (χ1v) is 11.8. The Morgan fingerprint density at radius 2 is 1.94 bits per heavy atom. The molecule has 0 aliphatic carbocycles. The molecule has 2 aliphatic rings. The molecule has 2 aromatic carbocycles. The number of hydrogen-bond donors (Lipinski definition) is 2. The number of carbonyl (C=O) groups excluding carboxylic acids is 1. The largest absolute Gasteiger partial charge is 0.490 e. The molecular weight excluding hydrogens is 422 g/mol. The van der Waals surface area contributed by atoms with Crippen molar-refractivity contribution < 1.29 is 14.3 Å². The summed E-state index contributed by atoms with van der Waals surface area (Å²) in [6.07, 6.45) is 0.606. The van der Waals surface area contributed by atoms with E-state index in [2.05, 4.69) is 22.6 Å². The number of fused-ring (bicyclic) bond motifs is 3. The van der Waals surface area contributed by atoms with Gasteiger partial charge in [0.25, 0.3) is 5.91 Å². The predicted octanol–water partition coefficient (Wildman–Crippen LogP) is 4.57. The maximum absolute atomic E-state index is 13.0. The monoisotopic (exact) mass is 449 g/mol. The van der Waals surface area contributed by atoms with Gasteiger partial charge in [0.1, 0.15) is 17.8 Å². The van der Waals surface area contributed by atoms with E-state index in [4.69, 9.17) is 9.47 Å². The molecular formula is C25H27N3O3S. The second-order valence-corrected chi connectivity index (χ2v) is 9.27. The molecule has 0 spiro atoms. The zero-order valence-electron chi connectivity index (χ0n) is 18.3. The van der Waals surface area contributed by atoms with Crippen molar-refractivity contribution in [2.75, 3.05) is 25.5 Å². The van der Waals surface area contributed by atoms with Crippen LogP contribution in [0.3, 0.4) is 0 Å². The van der Waals surface area contributed by atoms with Gasteiger partial charge in [-0.25, -0.2) is 0 Å². The zero-order chi connectivity index (χ0) is 22.1. The molecule has 7 heteroatoms. The number of rotatable bonds is 6. The highest BCUT2D eigenvalue weighted by Crippen LogP contribution is 2.41. The molecule has 6 nitrogen and oxygen atoms in total. The highest BCUT2D eigenvalue weighted by molar-refractivity contribution is 7.16. The number of hydrogen-bond acceptors (Lipinski definition) is 6. The molecule has 0 bridgehead atoms. The summed E-state index contributed by atoms with van der Waals surface area (Å²) in [4.78, 5) is 16.6. The van der Waals surface area contributed by atoms with E-state index in [1.807, 2.05) is 55.5 Å². The summed E-state index contributed by atoms with van der Waals surface area (Å²) in [7, 11) is 2.12. The van der Waals surface area contributed by atoms with Gasteiger partial charge < -0.3 is 25.0 Å². The van der Waals surface area contributed by atoms with Crippen molar-refractivity contribution in [1.82, 2.24) is 10.2 Å². The summed E-state index contributed by atoms with van der Waals surface area (Å²) in [5.41, 5.74) is 4.05. The molecule has 166 valence electrons. The summed E-state index contributed by atoms with van der Waals surface area (Å²) in [6.45, 7) is 4.83. The molecule has 1 aromatic heterocycles. The van der Waals surface area contributed by atoms with E-state index in [1.54, 1.807) is 11.3 Å². The van der Waals surface area contributed by atoms with Crippen molar-refractivity contribution in [1.29, 1.82) is 0 Å². The lowest BCUT2D eigenvalue weighted by molar-refractivity contribution is 0.0934. The quantitative estimate of drug-likeness (QED) is 0.577. The van der Waals surface area contributed by atoms with Crippen molar-refractivity contribution in [2.24, 2.45) is 0 Å². The summed E-state index contributed by atoms with van der Waals surface area (Å²) in [6, 6.07) is 15.9. The number of nitrogens with zero attached hydrogens (tertiary/aromatic N) is 1. The fraction of sp³-hybridized carbons (Fsp3) is 0.320. The van der Waals surface area contributed by atoms with Crippen molar-refractivity contribution in [3.8, 4) is 11.5 Å². The molecule has 1 atom stereocenters. The van der Waals surface area contributed by atoms with Crippen molar-refractivity contribution >= 4 is 22.2 Å². The molecule has 0 fully saturated rings. The molecule has 32 heavy (non-hydrogen) atoms. The third-order valence-electron chi connectivity index (χ3n) is 5.86. The first-order chi connectivity index (χ1) is 15.6. The molecule has 3 aromatic rings. The Bertz CT molecular complexity index is 1130. The van der Waals surface area contributed by atoms with E-state index >= 15 is 0 Å². The Kier molecular flexibility index (Phi) is 5.76. The second kappa shape index (κ2) is 8.84. The Hall–Kier alpha value is -3.03. The predicted molar refractivity (Wildman–Crippen MR) is 127 cm³/mol. The molecule has 1 amide bonds. The maximum Gasteiger partial charge on any atom is 0.256 e. The van der Waals surface area contributed by atoms with Crippen LogP contribution >= 0.6 is 11.3 Å². The van der Waals surface area contributed by atoms with E-state index in [0.717, 1.165) is 41.2 Å². The summed E-state index contributed by atoms with van der Waals surface area (Å²) in [5, 5.41) is 7.62. The van der Waals surface area contributed by atoms with Gasteiger partial charge in [-0.2, -0.15) is 0 Å². The topological polar surface area (TPSA) is 62.8 Å². The number of anilines is 1. The van der Waals surface area contributed by atoms with Gasteiger partial charge in [-0.15, -0.1) is 11.3 Å². The summed E-state index contributed by atoms with van der Waals surface area (Å²) in [5.74, 6) is 1.36. The van der Waals surface area contributed by atoms with E-state index in [1.165, 1.54) is 10.4 Å². The van der Waals surface area contributed by atoms with Gasteiger partial charge in [0.05, 0.1) is 12.2 Å². The molecule has 3 heterocycles. The van der Waals surface area contributed by atoms with Gasteiger partial charge in [0.15, 0.2) is 11.5 Å². The Labute approximate surface area is 192 Å². The molecule has 2 aliphatic heterocycles. The number of ether oxygens (including phenoxy) is 2. The van der Waals surface area contributed by atoms with Crippen molar-refractivity contribution in [2.45, 2.75) is 32.7 Å². The van der Waals surface area contributed by atoms with Gasteiger partial charge >= 0.3 is 0 Å². The number of amides is 1. The van der Waals surface area contributed by atoms with Gasteiger partial charge in [-0.3, -0.25) is 4.79 Å². The third-order valence-corrected chi connectivity index (χ3v) is 7.01. The van der Waals surface area contributed by atoms with Crippen LogP contribution in [0.5, 0.6) is 11.5 Å². The smallest absolute Gasteiger partial charge is 0.256 e. The number of nitrogens with one attached hydrogen (secondary N) is 2. The van der Waals surface area contributed by atoms with Crippen molar-refractivity contribution in [3.05, 3.63) is 75.7 Å². The lowest BCUT2D eigenvalue weighted by Gasteiger charge is -2.28.